The number of benzene rings is 2. The number of aromatic amines is 1. The van der Waals surface area contributed by atoms with Crippen LogP contribution in [0.25, 0.3) is 33.2 Å². The number of carbonyl (C=O) groups excluding carboxylic acids is 1. The van der Waals surface area contributed by atoms with Crippen molar-refractivity contribution in [1.82, 2.24) is 9.55 Å². The molecule has 5 heteroatoms. The lowest BCUT2D eigenvalue weighted by Gasteiger charge is -2.28. The van der Waals surface area contributed by atoms with Crippen LogP contribution >= 0.6 is 0 Å². The Hall–Kier alpha value is -3.21. The van der Waals surface area contributed by atoms with Crippen molar-refractivity contribution < 1.29 is 4.79 Å². The van der Waals surface area contributed by atoms with Gasteiger partial charge in [0.05, 0.1) is 34.9 Å². The molecule has 0 saturated carbocycles. The second kappa shape index (κ2) is 4.89. The predicted octanol–water partition coefficient (Wildman–Crippen LogP) is 4.16. The first-order valence-corrected chi connectivity index (χ1v) is 8.36. The zero-order valence-corrected chi connectivity index (χ0v) is 14.1. The van der Waals surface area contributed by atoms with Crippen molar-refractivity contribution in [3.05, 3.63) is 48.5 Å². The third-order valence-corrected chi connectivity index (χ3v) is 4.92. The third-order valence-electron chi connectivity index (χ3n) is 4.92. The summed E-state index contributed by atoms with van der Waals surface area (Å²) in [5.41, 5.74) is 6.38. The number of fused-ring (bicyclic) bond motifs is 7. The molecule has 1 aliphatic heterocycles. The molecule has 1 aliphatic rings. The van der Waals surface area contributed by atoms with Crippen molar-refractivity contribution in [1.29, 1.82) is 0 Å². The first-order chi connectivity index (χ1) is 12.1. The fourth-order valence-corrected chi connectivity index (χ4v) is 3.99. The molecule has 5 nitrogen and oxygen atoms in total. The SMILES string of the molecule is CC(=O)Nc1c2n(c3ccccc13)CN(C)c1c-2[nH]c2ccccc12. The van der Waals surface area contributed by atoms with Gasteiger partial charge >= 0.3 is 0 Å². The van der Waals surface area contributed by atoms with Gasteiger partial charge in [-0.2, -0.15) is 0 Å². The molecule has 5 rings (SSSR count). The number of rotatable bonds is 1. The highest BCUT2D eigenvalue weighted by Crippen LogP contribution is 2.47. The highest BCUT2D eigenvalue weighted by Gasteiger charge is 2.29. The van der Waals surface area contributed by atoms with Crippen molar-refractivity contribution in [2.24, 2.45) is 0 Å². The summed E-state index contributed by atoms with van der Waals surface area (Å²) < 4.78 is 2.26. The fraction of sp³-hybridized carbons (Fsp3) is 0.150. The van der Waals surface area contributed by atoms with Crippen LogP contribution in [0.3, 0.4) is 0 Å². The van der Waals surface area contributed by atoms with Crippen molar-refractivity contribution >= 4 is 39.1 Å². The molecule has 0 fully saturated rings. The third kappa shape index (κ3) is 1.86. The van der Waals surface area contributed by atoms with Crippen LogP contribution in [0.2, 0.25) is 0 Å². The molecule has 0 atom stereocenters. The fourth-order valence-electron chi connectivity index (χ4n) is 3.99. The lowest BCUT2D eigenvalue weighted by atomic mass is 10.1. The van der Waals surface area contributed by atoms with E-state index in [2.05, 4.69) is 57.1 Å². The number of hydrogen-bond acceptors (Lipinski definition) is 2. The molecule has 0 spiro atoms. The van der Waals surface area contributed by atoms with Crippen LogP contribution in [0.15, 0.2) is 48.5 Å². The van der Waals surface area contributed by atoms with Crippen LogP contribution in [0.5, 0.6) is 0 Å². The van der Waals surface area contributed by atoms with E-state index < -0.39 is 0 Å². The standard InChI is InChI=1S/C20H18N4O/c1-12(25)21-17-14-8-4-6-10-16(14)24-11-23(2)19-13-7-3-5-9-15(13)22-18(19)20(17)24/h3-10,22H,11H2,1-2H3,(H,21,25). The number of H-pyrrole nitrogens is 1. The summed E-state index contributed by atoms with van der Waals surface area (Å²) in [7, 11) is 2.11. The molecule has 2 aromatic heterocycles. The minimum absolute atomic E-state index is 0.0595. The first-order valence-electron chi connectivity index (χ1n) is 8.36. The van der Waals surface area contributed by atoms with E-state index in [1.165, 1.54) is 11.1 Å². The largest absolute Gasteiger partial charge is 0.354 e. The highest BCUT2D eigenvalue weighted by molar-refractivity contribution is 6.12. The van der Waals surface area contributed by atoms with Crippen molar-refractivity contribution in [3.8, 4) is 11.4 Å². The molecule has 0 saturated heterocycles. The molecule has 0 bridgehead atoms. The van der Waals surface area contributed by atoms with Gasteiger partial charge in [0.2, 0.25) is 5.91 Å². The minimum atomic E-state index is -0.0595. The highest BCUT2D eigenvalue weighted by atomic mass is 16.1. The molecule has 2 N–H and O–H groups in total. The van der Waals surface area contributed by atoms with Crippen LogP contribution in [0, 0.1) is 0 Å². The molecular formula is C20H18N4O. The van der Waals surface area contributed by atoms with Crippen LogP contribution in [-0.4, -0.2) is 22.5 Å². The van der Waals surface area contributed by atoms with Gasteiger partial charge in [-0.15, -0.1) is 0 Å². The molecule has 124 valence electrons. The summed E-state index contributed by atoms with van der Waals surface area (Å²) in [4.78, 5) is 17.7. The topological polar surface area (TPSA) is 53.1 Å². The van der Waals surface area contributed by atoms with Gasteiger partial charge < -0.3 is 19.8 Å². The monoisotopic (exact) mass is 330 g/mol. The molecule has 0 radical (unpaired) electrons. The summed E-state index contributed by atoms with van der Waals surface area (Å²) in [5, 5.41) is 5.32. The van der Waals surface area contributed by atoms with E-state index in [1.54, 1.807) is 6.92 Å². The average molecular weight is 330 g/mol. The Morgan fingerprint density at radius 3 is 2.60 bits per heavy atom. The van der Waals surface area contributed by atoms with Gasteiger partial charge in [-0.05, 0) is 12.1 Å². The molecular weight excluding hydrogens is 312 g/mol. The molecule has 25 heavy (non-hydrogen) atoms. The number of nitrogens with one attached hydrogen (secondary N) is 2. The smallest absolute Gasteiger partial charge is 0.221 e. The molecule has 4 aromatic rings. The number of hydrogen-bond donors (Lipinski definition) is 2. The summed E-state index contributed by atoms with van der Waals surface area (Å²) in [6.45, 7) is 2.30. The lowest BCUT2D eigenvalue weighted by molar-refractivity contribution is -0.114. The van der Waals surface area contributed by atoms with Gasteiger partial charge in [-0.1, -0.05) is 36.4 Å². The summed E-state index contributed by atoms with van der Waals surface area (Å²) in [6.07, 6.45) is 0. The molecule has 1 amide bonds. The van der Waals surface area contributed by atoms with E-state index in [4.69, 9.17) is 0 Å². The Bertz CT molecular complexity index is 1150. The molecule has 0 aliphatic carbocycles. The van der Waals surface area contributed by atoms with Gasteiger partial charge in [0.1, 0.15) is 0 Å². The minimum Gasteiger partial charge on any atom is -0.354 e. The van der Waals surface area contributed by atoms with Gasteiger partial charge in [0, 0.05) is 30.3 Å². The number of para-hydroxylation sites is 2. The van der Waals surface area contributed by atoms with Crippen LogP contribution < -0.4 is 10.2 Å². The summed E-state index contributed by atoms with van der Waals surface area (Å²) in [6, 6.07) is 16.5. The molecule has 2 aromatic carbocycles. The Morgan fingerprint density at radius 2 is 1.80 bits per heavy atom. The Labute approximate surface area is 144 Å². The summed E-state index contributed by atoms with van der Waals surface area (Å²) >= 11 is 0. The second-order valence-corrected chi connectivity index (χ2v) is 6.58. The van der Waals surface area contributed by atoms with Crippen LogP contribution in [0.1, 0.15) is 6.92 Å². The second-order valence-electron chi connectivity index (χ2n) is 6.58. The average Bonchev–Trinajstić information content (AvgIpc) is 3.12. The number of anilines is 2. The molecule has 3 heterocycles. The van der Waals surface area contributed by atoms with E-state index in [1.807, 2.05) is 18.2 Å². The normalized spacial score (nSPS) is 13.1. The van der Waals surface area contributed by atoms with E-state index in [0.717, 1.165) is 40.2 Å². The van der Waals surface area contributed by atoms with Crippen molar-refractivity contribution in [3.63, 3.8) is 0 Å². The number of carbonyl (C=O) groups is 1. The van der Waals surface area contributed by atoms with Gasteiger partial charge in [0.25, 0.3) is 0 Å². The van der Waals surface area contributed by atoms with Crippen molar-refractivity contribution in [2.45, 2.75) is 13.6 Å². The number of nitrogens with zero attached hydrogens (tertiary/aromatic N) is 2. The first kappa shape index (κ1) is 14.2. The Kier molecular flexibility index (Phi) is 2.77. The zero-order valence-electron chi connectivity index (χ0n) is 14.1. The predicted molar refractivity (Wildman–Crippen MR) is 102 cm³/mol. The van der Waals surface area contributed by atoms with Gasteiger partial charge in [-0.3, -0.25) is 4.79 Å². The van der Waals surface area contributed by atoms with Gasteiger partial charge in [0.15, 0.2) is 0 Å². The van der Waals surface area contributed by atoms with Gasteiger partial charge in [-0.25, -0.2) is 0 Å². The Morgan fingerprint density at radius 1 is 1.08 bits per heavy atom. The lowest BCUT2D eigenvalue weighted by Crippen LogP contribution is -2.26. The van der Waals surface area contributed by atoms with E-state index in [-0.39, 0.29) is 5.91 Å². The number of aromatic nitrogens is 2. The summed E-state index contributed by atoms with van der Waals surface area (Å²) in [5.74, 6) is -0.0595. The Balaban J connectivity index is 1.92. The van der Waals surface area contributed by atoms with Crippen molar-refractivity contribution in [2.75, 3.05) is 17.3 Å². The molecule has 0 unspecified atom stereocenters. The van der Waals surface area contributed by atoms with E-state index >= 15 is 0 Å². The quantitative estimate of drug-likeness (QED) is 0.551. The van der Waals surface area contributed by atoms with Crippen LogP contribution in [-0.2, 0) is 11.5 Å². The maximum atomic E-state index is 11.8. The number of amides is 1. The maximum Gasteiger partial charge on any atom is 0.221 e. The van der Waals surface area contributed by atoms with Crippen LogP contribution in [0.4, 0.5) is 11.4 Å². The van der Waals surface area contributed by atoms with E-state index in [9.17, 15) is 4.79 Å². The zero-order chi connectivity index (χ0) is 17.1. The maximum absolute atomic E-state index is 11.8. The van der Waals surface area contributed by atoms with E-state index in [0.29, 0.717) is 0 Å².